The number of hydrogen-bond acceptors (Lipinski definition) is 6. The highest BCUT2D eigenvalue weighted by molar-refractivity contribution is 7.89. The number of piperidine rings is 1. The highest BCUT2D eigenvalue weighted by Crippen LogP contribution is 2.28. The summed E-state index contributed by atoms with van der Waals surface area (Å²) < 4.78 is 36.2. The molecule has 1 fully saturated rings. The van der Waals surface area contributed by atoms with Gasteiger partial charge in [-0.05, 0) is 62.1 Å². The van der Waals surface area contributed by atoms with Gasteiger partial charge >= 0.3 is 0 Å². The van der Waals surface area contributed by atoms with E-state index in [9.17, 15) is 13.2 Å². The van der Waals surface area contributed by atoms with Gasteiger partial charge in [0.15, 0.2) is 0 Å². The van der Waals surface area contributed by atoms with Crippen molar-refractivity contribution < 1.29 is 13.2 Å². The number of anilines is 1. The van der Waals surface area contributed by atoms with Crippen LogP contribution in [0.25, 0.3) is 11.0 Å². The Labute approximate surface area is 174 Å². The Kier molecular flexibility index (Phi) is 5.37. The Hall–Kier alpha value is -2.36. The van der Waals surface area contributed by atoms with E-state index in [0.29, 0.717) is 30.4 Å². The minimum atomic E-state index is -3.75. The molecule has 0 saturated carbocycles. The van der Waals surface area contributed by atoms with Gasteiger partial charge in [-0.3, -0.25) is 4.79 Å². The quantitative estimate of drug-likeness (QED) is 0.685. The van der Waals surface area contributed by atoms with Crippen LogP contribution in [0.3, 0.4) is 0 Å². The zero-order valence-electron chi connectivity index (χ0n) is 16.3. The average Bonchev–Trinajstić information content (AvgIpc) is 3.19. The maximum atomic E-state index is 13.2. The number of amides is 1. The molecule has 0 radical (unpaired) electrons. The summed E-state index contributed by atoms with van der Waals surface area (Å²) in [6.07, 6.45) is 1.29. The number of sulfonamides is 1. The van der Waals surface area contributed by atoms with Crippen LogP contribution in [0.2, 0.25) is 0 Å². The average molecular weight is 431 g/mol. The third kappa shape index (κ3) is 3.90. The predicted molar refractivity (Wildman–Crippen MR) is 113 cm³/mol. The minimum Gasteiger partial charge on any atom is -0.326 e. The first-order valence-corrected chi connectivity index (χ1v) is 11.6. The van der Waals surface area contributed by atoms with Crippen LogP contribution in [-0.4, -0.2) is 40.5 Å². The summed E-state index contributed by atoms with van der Waals surface area (Å²) in [5.74, 6) is -0.547. The molecule has 3 aromatic rings. The van der Waals surface area contributed by atoms with Crippen molar-refractivity contribution in [2.24, 2.45) is 5.92 Å². The second kappa shape index (κ2) is 7.81. The molecule has 1 atom stereocenters. The monoisotopic (exact) mass is 430 g/mol. The molecule has 152 valence electrons. The van der Waals surface area contributed by atoms with Gasteiger partial charge in [0.25, 0.3) is 0 Å². The lowest BCUT2D eigenvalue weighted by Gasteiger charge is -2.31. The van der Waals surface area contributed by atoms with E-state index in [2.05, 4.69) is 14.1 Å². The maximum Gasteiger partial charge on any atom is 0.245 e. The van der Waals surface area contributed by atoms with Gasteiger partial charge in [-0.1, -0.05) is 12.1 Å². The molecule has 1 aliphatic heterocycles. The van der Waals surface area contributed by atoms with Crippen molar-refractivity contribution in [3.8, 4) is 0 Å². The zero-order chi connectivity index (χ0) is 20.6. The lowest BCUT2D eigenvalue weighted by Crippen LogP contribution is -2.43. The van der Waals surface area contributed by atoms with Crippen molar-refractivity contribution in [3.05, 3.63) is 47.5 Å². The molecule has 0 aliphatic carbocycles. The van der Waals surface area contributed by atoms with Gasteiger partial charge in [-0.2, -0.15) is 13.1 Å². The first-order valence-electron chi connectivity index (χ1n) is 9.46. The smallest absolute Gasteiger partial charge is 0.245 e. The zero-order valence-corrected chi connectivity index (χ0v) is 17.9. The van der Waals surface area contributed by atoms with Gasteiger partial charge in [0.05, 0.1) is 17.6 Å². The molecule has 1 saturated heterocycles. The van der Waals surface area contributed by atoms with E-state index >= 15 is 0 Å². The predicted octanol–water partition coefficient (Wildman–Crippen LogP) is 3.35. The molecule has 9 heteroatoms. The Balaban J connectivity index is 1.53. The number of hydrogen-bond donors (Lipinski definition) is 1. The van der Waals surface area contributed by atoms with Crippen LogP contribution in [-0.2, 0) is 14.8 Å². The SMILES string of the molecule is Cc1ccc(NC(=O)[C@@H]2CCCN(S(=O)(=O)c3cccc4nsnc34)C2)cc1C. The topological polar surface area (TPSA) is 92.3 Å². The van der Waals surface area contributed by atoms with Crippen LogP contribution in [0.4, 0.5) is 5.69 Å². The maximum absolute atomic E-state index is 13.2. The van der Waals surface area contributed by atoms with Gasteiger partial charge in [0, 0.05) is 18.8 Å². The molecule has 1 amide bonds. The second-order valence-corrected chi connectivity index (χ2v) is 9.81. The number of rotatable bonds is 4. The Morgan fingerprint density at radius 1 is 1.17 bits per heavy atom. The molecule has 1 aliphatic rings. The van der Waals surface area contributed by atoms with Gasteiger partial charge < -0.3 is 5.32 Å². The normalized spacial score (nSPS) is 18.1. The fourth-order valence-electron chi connectivity index (χ4n) is 3.57. The number of aryl methyl sites for hydroxylation is 2. The van der Waals surface area contributed by atoms with E-state index in [-0.39, 0.29) is 17.3 Å². The Bertz CT molecular complexity index is 1170. The van der Waals surface area contributed by atoms with E-state index < -0.39 is 15.9 Å². The van der Waals surface area contributed by atoms with E-state index in [1.165, 1.54) is 4.31 Å². The molecule has 2 heterocycles. The van der Waals surface area contributed by atoms with Crippen molar-refractivity contribution in [2.75, 3.05) is 18.4 Å². The molecule has 7 nitrogen and oxygen atoms in total. The number of benzene rings is 2. The number of fused-ring (bicyclic) bond motifs is 1. The van der Waals surface area contributed by atoms with Crippen molar-refractivity contribution in [1.29, 1.82) is 0 Å². The standard InChI is InChI=1S/C20H22N4O3S2/c1-13-8-9-16(11-14(13)2)21-20(25)15-5-4-10-24(12-15)29(26,27)18-7-3-6-17-19(18)23-28-22-17/h3,6-9,11,15H,4-5,10,12H2,1-2H3,(H,21,25)/t15-/m1/s1. The third-order valence-electron chi connectivity index (χ3n) is 5.40. The van der Waals surface area contributed by atoms with Crippen molar-refractivity contribution in [2.45, 2.75) is 31.6 Å². The number of nitrogens with zero attached hydrogens (tertiary/aromatic N) is 3. The summed E-state index contributed by atoms with van der Waals surface area (Å²) in [6, 6.07) is 10.7. The van der Waals surface area contributed by atoms with Gasteiger partial charge in [-0.25, -0.2) is 8.42 Å². The van der Waals surface area contributed by atoms with E-state index in [4.69, 9.17) is 0 Å². The number of nitrogens with one attached hydrogen (secondary N) is 1. The van der Waals surface area contributed by atoms with Crippen LogP contribution >= 0.6 is 11.7 Å². The van der Waals surface area contributed by atoms with E-state index in [0.717, 1.165) is 28.5 Å². The van der Waals surface area contributed by atoms with Gasteiger partial charge in [-0.15, -0.1) is 0 Å². The molecular weight excluding hydrogens is 408 g/mol. The number of aromatic nitrogens is 2. The van der Waals surface area contributed by atoms with Crippen molar-refractivity contribution in [1.82, 2.24) is 13.1 Å². The summed E-state index contributed by atoms with van der Waals surface area (Å²) in [5, 5.41) is 2.94. The Morgan fingerprint density at radius 3 is 2.79 bits per heavy atom. The fraction of sp³-hybridized carbons (Fsp3) is 0.350. The van der Waals surface area contributed by atoms with Crippen LogP contribution in [0.5, 0.6) is 0 Å². The van der Waals surface area contributed by atoms with Crippen molar-refractivity contribution >= 4 is 44.4 Å². The molecule has 0 bridgehead atoms. The Morgan fingerprint density at radius 2 is 2.00 bits per heavy atom. The molecule has 4 rings (SSSR count). The third-order valence-corrected chi connectivity index (χ3v) is 7.84. The molecule has 1 N–H and O–H groups in total. The first-order chi connectivity index (χ1) is 13.9. The van der Waals surface area contributed by atoms with Gasteiger partial charge in [0.2, 0.25) is 15.9 Å². The highest BCUT2D eigenvalue weighted by atomic mass is 32.2. The molecule has 0 unspecified atom stereocenters. The summed E-state index contributed by atoms with van der Waals surface area (Å²) in [5.41, 5.74) is 3.94. The van der Waals surface area contributed by atoms with Crippen LogP contribution < -0.4 is 5.32 Å². The molecule has 0 spiro atoms. The molecular formula is C20H22N4O3S2. The van der Waals surface area contributed by atoms with Crippen LogP contribution in [0, 0.1) is 19.8 Å². The van der Waals surface area contributed by atoms with Crippen LogP contribution in [0.1, 0.15) is 24.0 Å². The van der Waals surface area contributed by atoms with E-state index in [1.54, 1.807) is 18.2 Å². The second-order valence-electron chi connectivity index (χ2n) is 7.38. The van der Waals surface area contributed by atoms with Gasteiger partial charge in [0.1, 0.15) is 15.9 Å². The van der Waals surface area contributed by atoms with Crippen LogP contribution in [0.15, 0.2) is 41.3 Å². The van der Waals surface area contributed by atoms with Crippen molar-refractivity contribution in [3.63, 3.8) is 0 Å². The fourth-order valence-corrected chi connectivity index (χ4v) is 5.84. The summed E-state index contributed by atoms with van der Waals surface area (Å²) in [4.78, 5) is 12.9. The summed E-state index contributed by atoms with van der Waals surface area (Å²) in [6.45, 7) is 4.56. The largest absolute Gasteiger partial charge is 0.326 e. The minimum absolute atomic E-state index is 0.151. The summed E-state index contributed by atoms with van der Waals surface area (Å²) >= 11 is 0.991. The number of carbonyl (C=O) groups excluding carboxylic acids is 1. The van der Waals surface area contributed by atoms with E-state index in [1.807, 2.05) is 32.0 Å². The highest BCUT2D eigenvalue weighted by Gasteiger charge is 2.34. The summed E-state index contributed by atoms with van der Waals surface area (Å²) in [7, 11) is -3.75. The molecule has 1 aromatic heterocycles. The lowest BCUT2D eigenvalue weighted by atomic mass is 9.98. The first kappa shape index (κ1) is 19.9. The molecule has 29 heavy (non-hydrogen) atoms. The number of carbonyl (C=O) groups is 1. The lowest BCUT2D eigenvalue weighted by molar-refractivity contribution is -0.120. The molecule has 2 aromatic carbocycles.